The van der Waals surface area contributed by atoms with Crippen LogP contribution in [0.4, 0.5) is 0 Å². The van der Waals surface area contributed by atoms with Gasteiger partial charge in [0.1, 0.15) is 0 Å². The minimum atomic E-state index is -0.00641. The fourth-order valence-electron chi connectivity index (χ4n) is 2.76. The van der Waals surface area contributed by atoms with Gasteiger partial charge in [-0.05, 0) is 43.0 Å². The van der Waals surface area contributed by atoms with Gasteiger partial charge < -0.3 is 9.88 Å². The van der Waals surface area contributed by atoms with E-state index in [-0.39, 0.29) is 5.91 Å². The zero-order valence-corrected chi connectivity index (χ0v) is 14.1. The van der Waals surface area contributed by atoms with Crippen LogP contribution >= 0.6 is 0 Å². The molecule has 5 heteroatoms. The Kier molecular flexibility index (Phi) is 4.79. The summed E-state index contributed by atoms with van der Waals surface area (Å²) < 4.78 is 3.78. The van der Waals surface area contributed by atoms with Gasteiger partial charge in [0.05, 0.1) is 17.4 Å². The first kappa shape index (κ1) is 16.1. The number of amides is 1. The van der Waals surface area contributed by atoms with E-state index in [4.69, 9.17) is 0 Å². The number of carbonyl (C=O) groups is 1. The Bertz CT molecular complexity index is 817. The van der Waals surface area contributed by atoms with Crippen LogP contribution in [0.3, 0.4) is 0 Å². The van der Waals surface area contributed by atoms with Gasteiger partial charge in [-0.2, -0.15) is 5.10 Å². The molecule has 24 heavy (non-hydrogen) atoms. The van der Waals surface area contributed by atoms with Crippen LogP contribution in [0.15, 0.2) is 55.1 Å². The van der Waals surface area contributed by atoms with Crippen LogP contribution in [0.25, 0.3) is 5.69 Å². The van der Waals surface area contributed by atoms with Crippen LogP contribution in [0, 0.1) is 6.92 Å². The standard InChI is InChI=1S/C19H22N4O/c1-15-12-22(2)14-18(15)19(24)20-10-6-7-16-11-21-23(13-16)17-8-4-3-5-9-17/h3-5,8-9,11-14H,6-7,10H2,1-2H3,(H,20,24). The molecule has 3 aromatic rings. The first-order valence-electron chi connectivity index (χ1n) is 8.13. The second-order valence-corrected chi connectivity index (χ2v) is 6.01. The van der Waals surface area contributed by atoms with Crippen molar-refractivity contribution in [1.29, 1.82) is 0 Å². The number of rotatable bonds is 6. The van der Waals surface area contributed by atoms with Crippen molar-refractivity contribution in [1.82, 2.24) is 19.7 Å². The van der Waals surface area contributed by atoms with Gasteiger partial charge in [-0.25, -0.2) is 4.68 Å². The zero-order valence-electron chi connectivity index (χ0n) is 14.1. The molecule has 1 aromatic carbocycles. The molecule has 1 amide bonds. The highest BCUT2D eigenvalue weighted by atomic mass is 16.1. The van der Waals surface area contributed by atoms with Crippen molar-refractivity contribution >= 4 is 5.91 Å². The topological polar surface area (TPSA) is 51.9 Å². The summed E-state index contributed by atoms with van der Waals surface area (Å²) in [5.74, 6) is -0.00641. The van der Waals surface area contributed by atoms with Crippen LogP contribution in [0.5, 0.6) is 0 Å². The highest BCUT2D eigenvalue weighted by Crippen LogP contribution is 2.10. The second-order valence-electron chi connectivity index (χ2n) is 6.01. The van der Waals surface area contributed by atoms with E-state index in [1.807, 2.05) is 78.3 Å². The number of nitrogens with one attached hydrogen (secondary N) is 1. The van der Waals surface area contributed by atoms with Gasteiger partial charge in [0.25, 0.3) is 5.91 Å². The third-order valence-corrected chi connectivity index (χ3v) is 3.98. The third-order valence-electron chi connectivity index (χ3n) is 3.98. The molecule has 0 aliphatic carbocycles. The summed E-state index contributed by atoms with van der Waals surface area (Å²) in [5.41, 5.74) is 3.97. The number of hydrogen-bond acceptors (Lipinski definition) is 2. The molecule has 2 heterocycles. The minimum Gasteiger partial charge on any atom is -0.356 e. The van der Waals surface area contributed by atoms with E-state index in [0.29, 0.717) is 6.54 Å². The maximum Gasteiger partial charge on any atom is 0.253 e. The van der Waals surface area contributed by atoms with Gasteiger partial charge in [-0.3, -0.25) is 4.79 Å². The lowest BCUT2D eigenvalue weighted by atomic mass is 10.2. The van der Waals surface area contributed by atoms with E-state index in [1.165, 1.54) is 5.56 Å². The van der Waals surface area contributed by atoms with E-state index < -0.39 is 0 Å². The predicted octanol–water partition coefficient (Wildman–Crippen LogP) is 2.88. The number of para-hydroxylation sites is 1. The normalized spacial score (nSPS) is 10.8. The van der Waals surface area contributed by atoms with Gasteiger partial charge in [-0.1, -0.05) is 18.2 Å². The van der Waals surface area contributed by atoms with Gasteiger partial charge in [0.2, 0.25) is 0 Å². The summed E-state index contributed by atoms with van der Waals surface area (Å²) in [7, 11) is 1.92. The second kappa shape index (κ2) is 7.17. The quantitative estimate of drug-likeness (QED) is 0.710. The van der Waals surface area contributed by atoms with E-state index >= 15 is 0 Å². The van der Waals surface area contributed by atoms with Crippen molar-refractivity contribution in [2.75, 3.05) is 6.54 Å². The lowest BCUT2D eigenvalue weighted by molar-refractivity contribution is 0.0952. The Labute approximate surface area is 141 Å². The fourth-order valence-corrected chi connectivity index (χ4v) is 2.76. The molecule has 0 radical (unpaired) electrons. The van der Waals surface area contributed by atoms with Gasteiger partial charge in [0, 0.05) is 32.2 Å². The van der Waals surface area contributed by atoms with Crippen molar-refractivity contribution in [2.24, 2.45) is 7.05 Å². The molecular formula is C19H22N4O. The van der Waals surface area contributed by atoms with Gasteiger partial charge in [0.15, 0.2) is 0 Å². The summed E-state index contributed by atoms with van der Waals surface area (Å²) in [6.45, 7) is 2.61. The molecule has 1 N–H and O–H groups in total. The minimum absolute atomic E-state index is 0.00641. The van der Waals surface area contributed by atoms with Crippen LogP contribution in [-0.4, -0.2) is 26.8 Å². The Morgan fingerprint density at radius 1 is 1.17 bits per heavy atom. The number of hydrogen-bond donors (Lipinski definition) is 1. The largest absolute Gasteiger partial charge is 0.356 e. The summed E-state index contributed by atoms with van der Waals surface area (Å²) >= 11 is 0. The molecular weight excluding hydrogens is 300 g/mol. The number of aryl methyl sites for hydroxylation is 3. The van der Waals surface area contributed by atoms with E-state index in [0.717, 1.165) is 29.7 Å². The molecule has 0 fully saturated rings. The first-order valence-corrected chi connectivity index (χ1v) is 8.13. The monoisotopic (exact) mass is 322 g/mol. The molecule has 3 rings (SSSR count). The number of benzene rings is 1. The van der Waals surface area contributed by atoms with Gasteiger partial charge in [-0.15, -0.1) is 0 Å². The third kappa shape index (κ3) is 3.74. The molecule has 124 valence electrons. The van der Waals surface area contributed by atoms with E-state index in [1.54, 1.807) is 0 Å². The molecule has 0 aliphatic heterocycles. The fraction of sp³-hybridized carbons (Fsp3) is 0.263. The molecule has 0 saturated carbocycles. The number of carbonyl (C=O) groups excluding carboxylic acids is 1. The average molecular weight is 322 g/mol. The maximum atomic E-state index is 12.1. The van der Waals surface area contributed by atoms with Crippen molar-refractivity contribution in [3.8, 4) is 5.69 Å². The Morgan fingerprint density at radius 3 is 2.67 bits per heavy atom. The van der Waals surface area contributed by atoms with Crippen molar-refractivity contribution < 1.29 is 4.79 Å². The Hall–Kier alpha value is -2.82. The summed E-state index contributed by atoms with van der Waals surface area (Å²) in [5, 5.41) is 7.37. The molecule has 0 spiro atoms. The average Bonchev–Trinajstić information content (AvgIpc) is 3.18. The SMILES string of the molecule is Cc1cn(C)cc1C(=O)NCCCc1cnn(-c2ccccc2)c1. The highest BCUT2D eigenvalue weighted by molar-refractivity contribution is 5.95. The van der Waals surface area contributed by atoms with Crippen LogP contribution in [0.2, 0.25) is 0 Å². The summed E-state index contributed by atoms with van der Waals surface area (Å²) in [4.78, 5) is 12.1. The van der Waals surface area contributed by atoms with Crippen LogP contribution in [0.1, 0.15) is 27.9 Å². The summed E-state index contributed by atoms with van der Waals surface area (Å²) in [6, 6.07) is 10.0. The van der Waals surface area contributed by atoms with Gasteiger partial charge >= 0.3 is 0 Å². The van der Waals surface area contributed by atoms with E-state index in [2.05, 4.69) is 10.4 Å². The first-order chi connectivity index (χ1) is 11.6. The molecule has 2 aromatic heterocycles. The van der Waals surface area contributed by atoms with Crippen molar-refractivity contribution in [3.63, 3.8) is 0 Å². The lowest BCUT2D eigenvalue weighted by Gasteiger charge is -2.04. The summed E-state index contributed by atoms with van der Waals surface area (Å²) in [6.07, 6.45) is 9.51. The molecule has 0 bridgehead atoms. The number of aromatic nitrogens is 3. The highest BCUT2D eigenvalue weighted by Gasteiger charge is 2.10. The van der Waals surface area contributed by atoms with Crippen molar-refractivity contribution in [3.05, 3.63) is 71.8 Å². The Balaban J connectivity index is 1.48. The Morgan fingerprint density at radius 2 is 1.96 bits per heavy atom. The van der Waals surface area contributed by atoms with E-state index in [9.17, 15) is 4.79 Å². The number of nitrogens with zero attached hydrogens (tertiary/aromatic N) is 3. The molecule has 0 saturated heterocycles. The van der Waals surface area contributed by atoms with Crippen molar-refractivity contribution in [2.45, 2.75) is 19.8 Å². The predicted molar refractivity (Wildman–Crippen MR) is 94.4 cm³/mol. The smallest absolute Gasteiger partial charge is 0.253 e. The maximum absolute atomic E-state index is 12.1. The molecule has 0 aliphatic rings. The molecule has 5 nitrogen and oxygen atoms in total. The lowest BCUT2D eigenvalue weighted by Crippen LogP contribution is -2.25. The van der Waals surface area contributed by atoms with Crippen LogP contribution < -0.4 is 5.32 Å². The zero-order chi connectivity index (χ0) is 16.9. The molecule has 0 unspecified atom stereocenters. The van der Waals surface area contributed by atoms with Crippen LogP contribution in [-0.2, 0) is 13.5 Å². The molecule has 0 atom stereocenters.